The molecule has 0 spiro atoms. The number of nitriles is 1. The van der Waals surface area contributed by atoms with Crippen molar-refractivity contribution in [1.29, 1.82) is 5.26 Å². The summed E-state index contributed by atoms with van der Waals surface area (Å²) >= 11 is 0. The van der Waals surface area contributed by atoms with Gasteiger partial charge in [0.05, 0.1) is 18.2 Å². The van der Waals surface area contributed by atoms with E-state index in [9.17, 15) is 0 Å². The zero-order valence-corrected chi connectivity index (χ0v) is 15.5. The second kappa shape index (κ2) is 7.91. The number of hydrogen-bond acceptors (Lipinski definition) is 5. The predicted octanol–water partition coefficient (Wildman–Crippen LogP) is 4.02. The number of benzene rings is 2. The lowest BCUT2D eigenvalue weighted by Gasteiger charge is -2.22. The van der Waals surface area contributed by atoms with E-state index < -0.39 is 0 Å². The maximum absolute atomic E-state index is 8.94. The summed E-state index contributed by atoms with van der Waals surface area (Å²) in [5.41, 5.74) is 4.50. The summed E-state index contributed by atoms with van der Waals surface area (Å²) in [4.78, 5) is 7.16. The van der Waals surface area contributed by atoms with Crippen molar-refractivity contribution in [3.8, 4) is 17.2 Å². The molecule has 1 fully saturated rings. The van der Waals surface area contributed by atoms with Gasteiger partial charge < -0.3 is 9.15 Å². The lowest BCUT2D eigenvalue weighted by atomic mass is 10.0. The highest BCUT2D eigenvalue weighted by molar-refractivity contribution is 5.80. The van der Waals surface area contributed by atoms with Crippen molar-refractivity contribution in [2.24, 2.45) is 0 Å². The minimum atomic E-state index is 0.516. The number of oxazole rings is 1. The van der Waals surface area contributed by atoms with Gasteiger partial charge in [0, 0.05) is 26.1 Å². The van der Waals surface area contributed by atoms with E-state index >= 15 is 0 Å². The van der Waals surface area contributed by atoms with Crippen LogP contribution in [0.5, 0.6) is 0 Å². The van der Waals surface area contributed by atoms with Crippen molar-refractivity contribution < 1.29 is 9.15 Å². The lowest BCUT2D eigenvalue weighted by Crippen LogP contribution is -2.34. The Morgan fingerprint density at radius 1 is 1.22 bits per heavy atom. The molecule has 27 heavy (non-hydrogen) atoms. The number of methoxy groups -OCH3 is 1. The highest BCUT2D eigenvalue weighted by atomic mass is 16.5. The Morgan fingerprint density at radius 3 is 2.81 bits per heavy atom. The zero-order valence-electron chi connectivity index (χ0n) is 15.5. The third-order valence-corrected chi connectivity index (χ3v) is 5.25. The van der Waals surface area contributed by atoms with E-state index in [1.807, 2.05) is 42.5 Å². The van der Waals surface area contributed by atoms with Crippen LogP contribution in [0.25, 0.3) is 22.2 Å². The van der Waals surface area contributed by atoms with Crippen LogP contribution in [0.3, 0.4) is 0 Å². The molecule has 0 amide bonds. The summed E-state index contributed by atoms with van der Waals surface area (Å²) in [7, 11) is 1.77. The van der Waals surface area contributed by atoms with Crippen LogP contribution in [0.1, 0.15) is 24.3 Å². The quantitative estimate of drug-likeness (QED) is 0.663. The first-order valence-corrected chi connectivity index (χ1v) is 9.40. The van der Waals surface area contributed by atoms with E-state index in [1.165, 1.54) is 12.8 Å². The van der Waals surface area contributed by atoms with Crippen molar-refractivity contribution in [3.05, 3.63) is 53.9 Å². The first-order chi connectivity index (χ1) is 13.3. The van der Waals surface area contributed by atoms with Crippen LogP contribution < -0.4 is 0 Å². The number of hydrogen-bond donors (Lipinski definition) is 0. The lowest BCUT2D eigenvalue weighted by molar-refractivity contribution is 0.115. The largest absolute Gasteiger partial charge is 0.441 e. The molecule has 0 unspecified atom stereocenters. The summed E-state index contributed by atoms with van der Waals surface area (Å²) in [5, 5.41) is 8.94. The Kier molecular flexibility index (Phi) is 5.19. The molecule has 2 aromatic carbocycles. The fraction of sp³-hybridized carbons (Fsp3) is 0.364. The Balaban J connectivity index is 1.48. The van der Waals surface area contributed by atoms with E-state index in [0.29, 0.717) is 11.6 Å². The van der Waals surface area contributed by atoms with Crippen molar-refractivity contribution >= 4 is 11.1 Å². The fourth-order valence-corrected chi connectivity index (χ4v) is 3.81. The molecule has 0 aliphatic carbocycles. The number of ether oxygens (including phenoxy) is 1. The summed E-state index contributed by atoms with van der Waals surface area (Å²) in [6, 6.07) is 16.3. The molecule has 1 saturated heterocycles. The molecule has 3 aromatic rings. The molecule has 1 aromatic heterocycles. The van der Waals surface area contributed by atoms with E-state index in [1.54, 1.807) is 7.11 Å². The Labute approximate surface area is 159 Å². The standard InChI is InChI=1S/C22H23N3O2/c1-26-15-19-3-2-11-25(19)12-10-22-24-20-13-18(8-9-21(20)27-22)17-6-4-16(14-23)5-7-17/h4-9,13,19H,2-3,10-12,15H2,1H3/t19-/m1/s1. The molecule has 0 N–H and O–H groups in total. The summed E-state index contributed by atoms with van der Waals surface area (Å²) in [6.07, 6.45) is 3.24. The molecule has 4 rings (SSSR count). The normalized spacial score (nSPS) is 17.4. The first kappa shape index (κ1) is 17.7. The van der Waals surface area contributed by atoms with Crippen LogP contribution in [0.15, 0.2) is 46.9 Å². The van der Waals surface area contributed by atoms with Gasteiger partial charge in [-0.05, 0) is 54.8 Å². The highest BCUT2D eigenvalue weighted by Crippen LogP contribution is 2.26. The topological polar surface area (TPSA) is 62.3 Å². The Bertz CT molecular complexity index is 956. The van der Waals surface area contributed by atoms with Crippen molar-refractivity contribution in [2.75, 3.05) is 26.8 Å². The van der Waals surface area contributed by atoms with E-state index in [2.05, 4.69) is 16.0 Å². The Hall–Kier alpha value is -2.68. The number of fused-ring (bicyclic) bond motifs is 1. The van der Waals surface area contributed by atoms with Gasteiger partial charge in [-0.3, -0.25) is 4.90 Å². The zero-order chi connectivity index (χ0) is 18.6. The first-order valence-electron chi connectivity index (χ1n) is 9.40. The number of nitrogens with zero attached hydrogens (tertiary/aromatic N) is 3. The van der Waals surface area contributed by atoms with Gasteiger partial charge in [0.15, 0.2) is 11.5 Å². The average Bonchev–Trinajstić information content (AvgIpc) is 3.32. The van der Waals surface area contributed by atoms with Crippen LogP contribution in [-0.2, 0) is 11.2 Å². The monoisotopic (exact) mass is 361 g/mol. The maximum atomic E-state index is 8.94. The minimum absolute atomic E-state index is 0.516. The summed E-state index contributed by atoms with van der Waals surface area (Å²) in [6.45, 7) is 2.86. The van der Waals surface area contributed by atoms with Crippen LogP contribution in [-0.4, -0.2) is 42.7 Å². The van der Waals surface area contributed by atoms with Gasteiger partial charge in [0.25, 0.3) is 0 Å². The molecule has 1 aliphatic rings. The molecule has 0 bridgehead atoms. The smallest absolute Gasteiger partial charge is 0.196 e. The molecule has 138 valence electrons. The van der Waals surface area contributed by atoms with Gasteiger partial charge in [0.2, 0.25) is 0 Å². The van der Waals surface area contributed by atoms with E-state index in [0.717, 1.165) is 54.2 Å². The SMILES string of the molecule is COC[C@H]1CCCN1CCc1nc2cc(-c3ccc(C#N)cc3)ccc2o1. The molecule has 5 nitrogen and oxygen atoms in total. The molecule has 1 aliphatic heterocycles. The second-order valence-corrected chi connectivity index (χ2v) is 7.02. The molecule has 1 atom stereocenters. The van der Waals surface area contributed by atoms with Crippen LogP contribution in [0.4, 0.5) is 0 Å². The maximum Gasteiger partial charge on any atom is 0.196 e. The van der Waals surface area contributed by atoms with Gasteiger partial charge in [-0.1, -0.05) is 18.2 Å². The molecule has 0 saturated carbocycles. The summed E-state index contributed by atoms with van der Waals surface area (Å²) in [5.74, 6) is 0.782. The third kappa shape index (κ3) is 3.87. The number of likely N-dealkylation sites (tertiary alicyclic amines) is 1. The van der Waals surface area contributed by atoms with E-state index in [-0.39, 0.29) is 0 Å². The van der Waals surface area contributed by atoms with Crippen LogP contribution >= 0.6 is 0 Å². The molecular weight excluding hydrogens is 338 g/mol. The number of rotatable bonds is 6. The van der Waals surface area contributed by atoms with Gasteiger partial charge in [-0.25, -0.2) is 4.98 Å². The third-order valence-electron chi connectivity index (χ3n) is 5.25. The average molecular weight is 361 g/mol. The molecular formula is C22H23N3O2. The van der Waals surface area contributed by atoms with Gasteiger partial charge in [0.1, 0.15) is 5.52 Å². The van der Waals surface area contributed by atoms with Crippen LogP contribution in [0, 0.1) is 11.3 Å². The van der Waals surface area contributed by atoms with Crippen molar-refractivity contribution in [2.45, 2.75) is 25.3 Å². The van der Waals surface area contributed by atoms with Gasteiger partial charge in [-0.15, -0.1) is 0 Å². The van der Waals surface area contributed by atoms with Crippen LogP contribution in [0.2, 0.25) is 0 Å². The van der Waals surface area contributed by atoms with Gasteiger partial charge >= 0.3 is 0 Å². The summed E-state index contributed by atoms with van der Waals surface area (Å²) < 4.78 is 11.3. The van der Waals surface area contributed by atoms with Crippen molar-refractivity contribution in [1.82, 2.24) is 9.88 Å². The predicted molar refractivity (Wildman–Crippen MR) is 104 cm³/mol. The fourth-order valence-electron chi connectivity index (χ4n) is 3.81. The molecule has 5 heteroatoms. The molecule has 0 radical (unpaired) electrons. The number of aromatic nitrogens is 1. The van der Waals surface area contributed by atoms with Crippen molar-refractivity contribution in [3.63, 3.8) is 0 Å². The van der Waals surface area contributed by atoms with Gasteiger partial charge in [-0.2, -0.15) is 5.26 Å². The Morgan fingerprint density at radius 2 is 2.04 bits per heavy atom. The second-order valence-electron chi connectivity index (χ2n) is 7.02. The minimum Gasteiger partial charge on any atom is -0.441 e. The molecule has 2 heterocycles. The van der Waals surface area contributed by atoms with E-state index in [4.69, 9.17) is 14.4 Å². The highest BCUT2D eigenvalue weighted by Gasteiger charge is 2.24.